The first-order valence-corrected chi connectivity index (χ1v) is 6.68. The van der Waals surface area contributed by atoms with Gasteiger partial charge in [-0.2, -0.15) is 5.10 Å². The molecule has 1 aromatic rings. The number of nitrogens with one attached hydrogen (secondary N) is 1. The quantitative estimate of drug-likeness (QED) is 0.828. The van der Waals surface area contributed by atoms with Gasteiger partial charge < -0.3 is 15.8 Å². The summed E-state index contributed by atoms with van der Waals surface area (Å²) in [6.07, 6.45) is 0.654. The first kappa shape index (κ1) is 15.0. The van der Waals surface area contributed by atoms with Crippen LogP contribution in [0.3, 0.4) is 0 Å². The fourth-order valence-electron chi connectivity index (χ4n) is 1.85. The van der Waals surface area contributed by atoms with Gasteiger partial charge in [0.1, 0.15) is 18.1 Å². The van der Waals surface area contributed by atoms with Crippen molar-refractivity contribution in [1.82, 2.24) is 5.01 Å². The first-order chi connectivity index (χ1) is 10.1. The maximum absolute atomic E-state index is 12.0. The molecule has 7 nitrogen and oxygen atoms in total. The van der Waals surface area contributed by atoms with Gasteiger partial charge in [-0.3, -0.25) is 9.59 Å². The van der Waals surface area contributed by atoms with E-state index in [9.17, 15) is 9.59 Å². The van der Waals surface area contributed by atoms with Gasteiger partial charge in [-0.15, -0.1) is 0 Å². The number of nitrogens with two attached hydrogens (primary N) is 1. The first-order valence-electron chi connectivity index (χ1n) is 6.68. The summed E-state index contributed by atoms with van der Waals surface area (Å²) in [5, 5.41) is 7.91. The van der Waals surface area contributed by atoms with Crippen LogP contribution in [0.15, 0.2) is 29.4 Å². The molecule has 1 heterocycles. The molecule has 1 aliphatic heterocycles. The summed E-state index contributed by atoms with van der Waals surface area (Å²) in [4.78, 5) is 23.4. The van der Waals surface area contributed by atoms with Crippen LogP contribution in [-0.4, -0.2) is 42.7 Å². The number of anilines is 1. The van der Waals surface area contributed by atoms with Crippen molar-refractivity contribution >= 4 is 23.2 Å². The van der Waals surface area contributed by atoms with Gasteiger partial charge in [0.25, 0.3) is 5.91 Å². The molecule has 0 atom stereocenters. The Bertz CT molecular complexity index is 554. The molecule has 21 heavy (non-hydrogen) atoms. The van der Waals surface area contributed by atoms with Gasteiger partial charge in [-0.25, -0.2) is 5.01 Å². The maximum Gasteiger partial charge on any atom is 0.271 e. The van der Waals surface area contributed by atoms with E-state index in [1.165, 1.54) is 5.01 Å². The molecule has 1 aliphatic rings. The van der Waals surface area contributed by atoms with Gasteiger partial charge >= 0.3 is 0 Å². The van der Waals surface area contributed by atoms with Gasteiger partial charge in [0, 0.05) is 32.1 Å². The second-order valence-electron chi connectivity index (χ2n) is 4.58. The highest BCUT2D eigenvalue weighted by atomic mass is 16.5. The van der Waals surface area contributed by atoms with Crippen LogP contribution >= 0.6 is 0 Å². The summed E-state index contributed by atoms with van der Waals surface area (Å²) in [5.41, 5.74) is 6.34. The molecular formula is C14H18N4O3. The van der Waals surface area contributed by atoms with Crippen molar-refractivity contribution in [3.05, 3.63) is 24.3 Å². The lowest BCUT2D eigenvalue weighted by atomic mass is 10.1. The van der Waals surface area contributed by atoms with Crippen LogP contribution in [0.5, 0.6) is 5.75 Å². The number of ether oxygens (including phenoxy) is 1. The van der Waals surface area contributed by atoms with Gasteiger partial charge in [0.2, 0.25) is 5.91 Å². The monoisotopic (exact) mass is 290 g/mol. The molecule has 7 heteroatoms. The predicted molar refractivity (Wildman–Crippen MR) is 79.1 cm³/mol. The zero-order valence-corrected chi connectivity index (χ0v) is 11.8. The highest BCUT2D eigenvalue weighted by Gasteiger charge is 2.21. The van der Waals surface area contributed by atoms with E-state index in [1.54, 1.807) is 31.3 Å². The van der Waals surface area contributed by atoms with Crippen LogP contribution in [0, 0.1) is 0 Å². The van der Waals surface area contributed by atoms with Crippen molar-refractivity contribution in [2.24, 2.45) is 10.8 Å². The molecule has 3 N–H and O–H groups in total. The molecule has 0 unspecified atom stereocenters. The molecule has 2 rings (SSSR count). The highest BCUT2D eigenvalue weighted by molar-refractivity contribution is 6.43. The lowest BCUT2D eigenvalue weighted by Crippen LogP contribution is -2.34. The van der Waals surface area contributed by atoms with E-state index in [0.29, 0.717) is 43.1 Å². The Morgan fingerprint density at radius 3 is 2.71 bits per heavy atom. The maximum atomic E-state index is 12.0. The fraction of sp³-hybridized carbons (Fsp3) is 0.357. The van der Waals surface area contributed by atoms with Crippen LogP contribution in [-0.2, 0) is 9.59 Å². The number of benzene rings is 1. The molecule has 1 aromatic carbocycles. The average molecular weight is 290 g/mol. The summed E-state index contributed by atoms with van der Waals surface area (Å²) in [6.45, 7) is 0.896. The van der Waals surface area contributed by atoms with E-state index < -0.39 is 0 Å². The van der Waals surface area contributed by atoms with Gasteiger partial charge in [0.15, 0.2) is 0 Å². The molecule has 2 amide bonds. The average Bonchev–Trinajstić information content (AvgIpc) is 2.49. The van der Waals surface area contributed by atoms with E-state index in [4.69, 9.17) is 10.5 Å². The summed E-state index contributed by atoms with van der Waals surface area (Å²) in [7, 11) is 1.54. The third-order valence-corrected chi connectivity index (χ3v) is 2.97. The van der Waals surface area contributed by atoms with E-state index in [0.717, 1.165) is 0 Å². The number of hydrogen-bond donors (Lipinski definition) is 2. The molecule has 0 spiro atoms. The minimum absolute atomic E-state index is 0.0899. The lowest BCUT2D eigenvalue weighted by Gasteiger charge is -2.18. The number of rotatable bonds is 5. The molecule has 112 valence electrons. The van der Waals surface area contributed by atoms with Crippen molar-refractivity contribution in [1.29, 1.82) is 0 Å². The van der Waals surface area contributed by atoms with Crippen LogP contribution in [0.2, 0.25) is 0 Å². The predicted octanol–water partition coefficient (Wildman–Crippen LogP) is 0.571. The normalized spacial score (nSPS) is 14.7. The number of carbonyl (C=O) groups is 2. The van der Waals surface area contributed by atoms with Crippen LogP contribution in [0.4, 0.5) is 5.69 Å². The number of hydrogen-bond acceptors (Lipinski definition) is 5. The molecule has 0 aromatic heterocycles. The van der Waals surface area contributed by atoms with Crippen LogP contribution in [0.25, 0.3) is 0 Å². The Labute approximate surface area is 122 Å². The van der Waals surface area contributed by atoms with Crippen LogP contribution < -0.4 is 15.8 Å². The van der Waals surface area contributed by atoms with E-state index in [1.807, 2.05) is 0 Å². The summed E-state index contributed by atoms with van der Waals surface area (Å²) < 4.78 is 5.35. The van der Waals surface area contributed by atoms with Crippen molar-refractivity contribution in [3.63, 3.8) is 0 Å². The Morgan fingerprint density at radius 1 is 1.38 bits per heavy atom. The van der Waals surface area contributed by atoms with Gasteiger partial charge in [-0.1, -0.05) is 0 Å². The molecule has 0 bridgehead atoms. The smallest absolute Gasteiger partial charge is 0.271 e. The molecule has 0 aliphatic carbocycles. The Morgan fingerprint density at radius 2 is 2.10 bits per heavy atom. The van der Waals surface area contributed by atoms with Crippen molar-refractivity contribution in [2.45, 2.75) is 12.8 Å². The van der Waals surface area contributed by atoms with Gasteiger partial charge in [0.05, 0.1) is 0 Å². The number of hydrazone groups is 1. The minimum atomic E-state index is -0.301. The van der Waals surface area contributed by atoms with Crippen molar-refractivity contribution < 1.29 is 14.3 Å². The highest BCUT2D eigenvalue weighted by Crippen LogP contribution is 2.16. The summed E-state index contributed by atoms with van der Waals surface area (Å²) in [6, 6.07) is 6.98. The Kier molecular flexibility index (Phi) is 4.89. The fourth-order valence-corrected chi connectivity index (χ4v) is 1.85. The number of carbonyl (C=O) groups excluding carboxylic acids is 2. The molecule has 0 radical (unpaired) electrons. The largest absolute Gasteiger partial charge is 0.492 e. The zero-order chi connectivity index (χ0) is 15.2. The van der Waals surface area contributed by atoms with E-state index in [2.05, 4.69) is 10.4 Å². The Hall–Kier alpha value is -2.41. The van der Waals surface area contributed by atoms with Crippen molar-refractivity contribution in [2.75, 3.05) is 25.5 Å². The van der Waals surface area contributed by atoms with Crippen LogP contribution in [0.1, 0.15) is 12.8 Å². The second kappa shape index (κ2) is 6.85. The second-order valence-corrected chi connectivity index (χ2v) is 4.58. The third-order valence-electron chi connectivity index (χ3n) is 2.97. The lowest BCUT2D eigenvalue weighted by molar-refractivity contribution is -0.130. The van der Waals surface area contributed by atoms with Gasteiger partial charge in [-0.05, 0) is 24.3 Å². The molecular weight excluding hydrogens is 272 g/mol. The van der Waals surface area contributed by atoms with E-state index >= 15 is 0 Å². The zero-order valence-electron chi connectivity index (χ0n) is 11.8. The Balaban J connectivity index is 1.96. The number of amides is 2. The summed E-state index contributed by atoms with van der Waals surface area (Å²) >= 11 is 0. The SMILES string of the molecule is CN1N=C(C(=O)Nc2ccc(OCCN)cc2)CCC1=O. The third kappa shape index (κ3) is 4.03. The minimum Gasteiger partial charge on any atom is -0.492 e. The molecule has 0 fully saturated rings. The van der Waals surface area contributed by atoms with E-state index in [-0.39, 0.29) is 11.8 Å². The molecule has 0 saturated carbocycles. The number of nitrogens with zero attached hydrogens (tertiary/aromatic N) is 2. The topological polar surface area (TPSA) is 97.0 Å². The standard InChI is InChI=1S/C14H18N4O3/c1-18-13(19)7-6-12(17-18)14(20)16-10-2-4-11(5-3-10)21-9-8-15/h2-5H,6-9,15H2,1H3,(H,16,20). The van der Waals surface area contributed by atoms with Crippen molar-refractivity contribution in [3.8, 4) is 5.75 Å². The molecule has 0 saturated heterocycles. The summed E-state index contributed by atoms with van der Waals surface area (Å²) in [5.74, 6) is 0.303.